The van der Waals surface area contributed by atoms with E-state index in [9.17, 15) is 0 Å². The first-order valence-electron chi connectivity index (χ1n) is 7.68. The second-order valence-electron chi connectivity index (χ2n) is 4.86. The van der Waals surface area contributed by atoms with Crippen molar-refractivity contribution in [1.82, 2.24) is 0 Å². The van der Waals surface area contributed by atoms with Crippen LogP contribution in [0.2, 0.25) is 0 Å². The lowest BCUT2D eigenvalue weighted by Gasteiger charge is -2.11. The van der Waals surface area contributed by atoms with Crippen molar-refractivity contribution in [3.63, 3.8) is 0 Å². The van der Waals surface area contributed by atoms with Gasteiger partial charge in [0, 0.05) is 14.2 Å². The first-order chi connectivity index (χ1) is 12.2. The van der Waals surface area contributed by atoms with Crippen LogP contribution in [0.1, 0.15) is 5.56 Å². The van der Waals surface area contributed by atoms with Crippen LogP contribution in [0.4, 0.5) is 0 Å². The smallest absolute Gasteiger partial charge is 0.188 e. The third-order valence-corrected chi connectivity index (χ3v) is 3.12. The van der Waals surface area contributed by atoms with Gasteiger partial charge < -0.3 is 28.4 Å². The maximum Gasteiger partial charge on any atom is 0.188 e. The summed E-state index contributed by atoms with van der Waals surface area (Å²) in [4.78, 5) is 0. The van der Waals surface area contributed by atoms with Gasteiger partial charge in [0.2, 0.25) is 0 Å². The molecule has 25 heavy (non-hydrogen) atoms. The predicted molar refractivity (Wildman–Crippen MR) is 95.7 cm³/mol. The Balaban J connectivity index is 0.000000251. The average Bonchev–Trinajstić information content (AvgIpc) is 2.66. The van der Waals surface area contributed by atoms with Crippen molar-refractivity contribution in [3.8, 4) is 23.0 Å². The highest BCUT2D eigenvalue weighted by Gasteiger charge is 2.06. The zero-order valence-electron chi connectivity index (χ0n) is 15.4. The van der Waals surface area contributed by atoms with Crippen molar-refractivity contribution in [2.75, 3.05) is 42.0 Å². The number of aryl methyl sites for hydroxylation is 1. The molecule has 0 aliphatic rings. The molecule has 6 heteroatoms. The summed E-state index contributed by atoms with van der Waals surface area (Å²) in [5.41, 5.74) is 1.04. The lowest BCUT2D eigenvalue weighted by molar-refractivity contribution is 0.0486. The highest BCUT2D eigenvalue weighted by Crippen LogP contribution is 2.30. The molecule has 2 aromatic carbocycles. The molecular weight excluding hydrogens is 324 g/mol. The van der Waals surface area contributed by atoms with Gasteiger partial charge in [0.25, 0.3) is 0 Å². The maximum absolute atomic E-state index is 5.36. The monoisotopic (exact) mass is 350 g/mol. The molecule has 0 fully saturated rings. The van der Waals surface area contributed by atoms with Gasteiger partial charge in [-0.05, 0) is 30.7 Å². The number of benzene rings is 2. The standard InChI is InChI=1S/C10H14O3.C9H12O3/c1-8-5-4-6-9(12-3)10(8)13-7-11-2;1-10-7-12-9-6-4-3-5-8(9)11-2/h4-6H,7H2,1-3H3;3-6H,7H2,1-2H3. The van der Waals surface area contributed by atoms with Crippen molar-refractivity contribution in [3.05, 3.63) is 48.0 Å². The summed E-state index contributed by atoms with van der Waals surface area (Å²) >= 11 is 0. The summed E-state index contributed by atoms with van der Waals surface area (Å²) in [6.07, 6.45) is 0. The van der Waals surface area contributed by atoms with Crippen molar-refractivity contribution < 1.29 is 28.4 Å². The van der Waals surface area contributed by atoms with Gasteiger partial charge in [-0.3, -0.25) is 0 Å². The molecule has 0 radical (unpaired) electrons. The predicted octanol–water partition coefficient (Wildman–Crippen LogP) is 3.66. The van der Waals surface area contributed by atoms with Crippen LogP contribution in [-0.2, 0) is 9.47 Å². The number of rotatable bonds is 8. The van der Waals surface area contributed by atoms with E-state index in [-0.39, 0.29) is 13.6 Å². The number of methoxy groups -OCH3 is 4. The summed E-state index contributed by atoms with van der Waals surface area (Å²) in [6.45, 7) is 2.44. The van der Waals surface area contributed by atoms with Crippen LogP contribution in [0.5, 0.6) is 23.0 Å². The summed E-state index contributed by atoms with van der Waals surface area (Å²) < 4.78 is 30.4. The van der Waals surface area contributed by atoms with Gasteiger partial charge in [-0.15, -0.1) is 0 Å². The van der Waals surface area contributed by atoms with Crippen LogP contribution in [0.15, 0.2) is 42.5 Å². The van der Waals surface area contributed by atoms with Crippen LogP contribution >= 0.6 is 0 Å². The molecule has 6 nitrogen and oxygen atoms in total. The molecule has 0 saturated carbocycles. The number of hydrogen-bond donors (Lipinski definition) is 0. The molecule has 138 valence electrons. The van der Waals surface area contributed by atoms with Crippen LogP contribution in [0.25, 0.3) is 0 Å². The highest BCUT2D eigenvalue weighted by atomic mass is 16.7. The second kappa shape index (κ2) is 12.0. The van der Waals surface area contributed by atoms with Crippen molar-refractivity contribution >= 4 is 0 Å². The van der Waals surface area contributed by atoms with Crippen molar-refractivity contribution in [2.24, 2.45) is 0 Å². The third-order valence-electron chi connectivity index (χ3n) is 3.12. The van der Waals surface area contributed by atoms with Gasteiger partial charge in [-0.25, -0.2) is 0 Å². The molecule has 0 aromatic heterocycles. The Hall–Kier alpha value is -2.44. The zero-order chi connectivity index (χ0) is 18.5. The van der Waals surface area contributed by atoms with E-state index in [1.165, 1.54) is 0 Å². The van der Waals surface area contributed by atoms with E-state index in [4.69, 9.17) is 28.4 Å². The molecule has 0 unspecified atom stereocenters. The Morgan fingerprint density at radius 1 is 0.640 bits per heavy atom. The summed E-state index contributed by atoms with van der Waals surface area (Å²) in [5, 5.41) is 0. The van der Waals surface area contributed by atoms with Gasteiger partial charge in [0.05, 0.1) is 14.2 Å². The largest absolute Gasteiger partial charge is 0.493 e. The van der Waals surface area contributed by atoms with Gasteiger partial charge in [0.15, 0.2) is 36.6 Å². The summed E-state index contributed by atoms with van der Waals surface area (Å²) in [5.74, 6) is 2.89. The molecule has 0 spiro atoms. The fourth-order valence-electron chi connectivity index (χ4n) is 1.95. The van der Waals surface area contributed by atoms with Crippen LogP contribution in [-0.4, -0.2) is 42.0 Å². The first kappa shape index (κ1) is 20.6. The minimum atomic E-state index is 0.236. The minimum absolute atomic E-state index is 0.236. The molecule has 0 saturated heterocycles. The topological polar surface area (TPSA) is 55.4 Å². The van der Waals surface area contributed by atoms with Gasteiger partial charge >= 0.3 is 0 Å². The fraction of sp³-hybridized carbons (Fsp3) is 0.368. The van der Waals surface area contributed by atoms with E-state index >= 15 is 0 Å². The van der Waals surface area contributed by atoms with Gasteiger partial charge in [-0.1, -0.05) is 24.3 Å². The van der Waals surface area contributed by atoms with Crippen LogP contribution in [0, 0.1) is 6.92 Å². The number of para-hydroxylation sites is 3. The molecule has 0 heterocycles. The molecule has 0 bridgehead atoms. The molecule has 0 amide bonds. The molecule has 2 rings (SSSR count). The Labute approximate surface area is 149 Å². The minimum Gasteiger partial charge on any atom is -0.493 e. The van der Waals surface area contributed by atoms with E-state index < -0.39 is 0 Å². The normalized spacial score (nSPS) is 9.64. The maximum atomic E-state index is 5.36. The lowest BCUT2D eigenvalue weighted by atomic mass is 10.2. The molecule has 0 aliphatic carbocycles. The van der Waals surface area contributed by atoms with Crippen molar-refractivity contribution in [1.29, 1.82) is 0 Å². The van der Waals surface area contributed by atoms with Crippen molar-refractivity contribution in [2.45, 2.75) is 6.92 Å². The summed E-state index contributed by atoms with van der Waals surface area (Å²) in [7, 11) is 6.39. The van der Waals surface area contributed by atoms with Gasteiger partial charge in [0.1, 0.15) is 0 Å². The number of hydrogen-bond acceptors (Lipinski definition) is 6. The van der Waals surface area contributed by atoms with Crippen LogP contribution in [0.3, 0.4) is 0 Å². The molecule has 0 aliphatic heterocycles. The van der Waals surface area contributed by atoms with E-state index in [0.717, 1.165) is 22.8 Å². The Kier molecular flexibility index (Phi) is 9.89. The SMILES string of the molecule is COCOc1c(C)cccc1OC.COCOc1ccccc1OC. The van der Waals surface area contributed by atoms with Gasteiger partial charge in [-0.2, -0.15) is 0 Å². The summed E-state index contributed by atoms with van der Waals surface area (Å²) in [6, 6.07) is 13.2. The van der Waals surface area contributed by atoms with E-state index in [0.29, 0.717) is 5.75 Å². The zero-order valence-corrected chi connectivity index (χ0v) is 15.4. The van der Waals surface area contributed by atoms with E-state index in [1.54, 1.807) is 28.4 Å². The first-order valence-corrected chi connectivity index (χ1v) is 7.68. The molecule has 0 N–H and O–H groups in total. The second-order valence-corrected chi connectivity index (χ2v) is 4.86. The third kappa shape index (κ3) is 6.91. The fourth-order valence-corrected chi connectivity index (χ4v) is 1.95. The quantitative estimate of drug-likeness (QED) is 0.677. The number of ether oxygens (including phenoxy) is 6. The average molecular weight is 350 g/mol. The Morgan fingerprint density at radius 2 is 1.20 bits per heavy atom. The molecule has 0 atom stereocenters. The van der Waals surface area contributed by atoms with Crippen LogP contribution < -0.4 is 18.9 Å². The van der Waals surface area contributed by atoms with E-state index in [2.05, 4.69) is 0 Å². The Morgan fingerprint density at radius 3 is 1.80 bits per heavy atom. The lowest BCUT2D eigenvalue weighted by Crippen LogP contribution is -2.02. The highest BCUT2D eigenvalue weighted by molar-refractivity contribution is 5.45. The molecule has 2 aromatic rings. The van der Waals surface area contributed by atoms with E-state index in [1.807, 2.05) is 49.4 Å². The Bertz CT molecular complexity index is 615. The molecular formula is C19H26O6.